The molecule has 7 nitrogen and oxygen atoms in total. The number of thioether (sulfide) groups is 1. The molecule has 0 atom stereocenters. The summed E-state index contributed by atoms with van der Waals surface area (Å²) in [5.74, 6) is 2.11. The highest BCUT2D eigenvalue weighted by Crippen LogP contribution is 2.28. The Labute approximate surface area is 180 Å². The third-order valence-corrected chi connectivity index (χ3v) is 4.88. The molecule has 0 aliphatic rings. The average molecular weight is 424 g/mol. The van der Waals surface area contributed by atoms with Gasteiger partial charge in [-0.15, -0.1) is 5.10 Å². The molecule has 2 N–H and O–H groups in total. The summed E-state index contributed by atoms with van der Waals surface area (Å²) < 4.78 is 13.5. The molecule has 0 radical (unpaired) electrons. The van der Waals surface area contributed by atoms with Crippen molar-refractivity contribution < 1.29 is 9.47 Å². The van der Waals surface area contributed by atoms with Crippen LogP contribution in [0.5, 0.6) is 11.5 Å². The minimum Gasteiger partial charge on any atom is -0.490 e. The summed E-state index contributed by atoms with van der Waals surface area (Å²) in [7, 11) is 0. The van der Waals surface area contributed by atoms with Crippen LogP contribution in [-0.2, 0) is 12.3 Å². The van der Waals surface area contributed by atoms with Gasteiger partial charge >= 0.3 is 0 Å². The molecule has 156 valence electrons. The maximum Gasteiger partial charge on any atom is 0.180 e. The van der Waals surface area contributed by atoms with Gasteiger partial charge in [-0.1, -0.05) is 42.1 Å². The Balaban J connectivity index is 1.56. The Kier molecular flexibility index (Phi) is 8.34. The summed E-state index contributed by atoms with van der Waals surface area (Å²) >= 11 is 1.45. The number of hydrogen-bond acceptors (Lipinski definition) is 6. The molecule has 1 heterocycles. The molecule has 2 aromatic carbocycles. The summed E-state index contributed by atoms with van der Waals surface area (Å²) in [6.45, 7) is 3.71. The Morgan fingerprint density at radius 1 is 1.17 bits per heavy atom. The highest BCUT2D eigenvalue weighted by Gasteiger charge is 2.06. The molecule has 30 heavy (non-hydrogen) atoms. The minimum absolute atomic E-state index is 0.416. The Morgan fingerprint density at radius 2 is 2.03 bits per heavy atom. The maximum atomic E-state index is 5.93. The maximum absolute atomic E-state index is 5.93. The van der Waals surface area contributed by atoms with E-state index in [-0.39, 0.29) is 0 Å². The van der Waals surface area contributed by atoms with E-state index in [1.54, 1.807) is 18.7 Å². The van der Waals surface area contributed by atoms with Crippen LogP contribution in [0.4, 0.5) is 0 Å². The fourth-order valence-electron chi connectivity index (χ4n) is 2.59. The number of rotatable bonds is 10. The molecular formula is C22H25N5O2S. The van der Waals surface area contributed by atoms with Crippen LogP contribution in [0.25, 0.3) is 0 Å². The lowest BCUT2D eigenvalue weighted by Gasteiger charge is -2.12. The van der Waals surface area contributed by atoms with Crippen LogP contribution in [0.2, 0.25) is 0 Å². The zero-order chi connectivity index (χ0) is 21.0. The van der Waals surface area contributed by atoms with Crippen LogP contribution in [0, 0.1) is 0 Å². The fourth-order valence-corrected chi connectivity index (χ4v) is 3.20. The molecule has 3 aromatic rings. The first-order chi connectivity index (χ1) is 14.7. The Hall–Kier alpha value is -3.26. The predicted octanol–water partition coefficient (Wildman–Crippen LogP) is 3.94. The standard InChI is InChI=1S/C22H25N5O2S/c1-2-28-21-14-19(8-9-20(21)29-13-12-27-11-10-24-17-27)15-25-26-22(23)30-16-18-6-4-3-5-7-18/h3-11,14-15,17H,2,12-13,16H2,1H3,(H2,23,26). The molecular weight excluding hydrogens is 398 g/mol. The van der Waals surface area contributed by atoms with Gasteiger partial charge in [0.1, 0.15) is 6.61 Å². The van der Waals surface area contributed by atoms with Gasteiger partial charge in [-0.25, -0.2) is 4.98 Å². The molecule has 8 heteroatoms. The van der Waals surface area contributed by atoms with Crippen molar-refractivity contribution in [2.45, 2.75) is 19.2 Å². The predicted molar refractivity (Wildman–Crippen MR) is 122 cm³/mol. The van der Waals surface area contributed by atoms with Gasteiger partial charge in [0.15, 0.2) is 16.7 Å². The summed E-state index contributed by atoms with van der Waals surface area (Å²) in [4.78, 5) is 4.02. The molecule has 0 fully saturated rings. The first kappa shape index (κ1) is 21.4. The van der Waals surface area contributed by atoms with Gasteiger partial charge in [-0.05, 0) is 36.2 Å². The van der Waals surface area contributed by atoms with Gasteiger partial charge in [0.2, 0.25) is 0 Å². The number of ether oxygens (including phenoxy) is 2. The van der Waals surface area contributed by atoms with E-state index in [0.29, 0.717) is 36.4 Å². The molecule has 0 unspecified atom stereocenters. The molecule has 0 bridgehead atoms. The lowest BCUT2D eigenvalue weighted by Crippen LogP contribution is -2.07. The fraction of sp³-hybridized carbons (Fsp3) is 0.227. The molecule has 0 saturated heterocycles. The molecule has 1 aromatic heterocycles. The van der Waals surface area contributed by atoms with E-state index in [1.165, 1.54) is 17.3 Å². The van der Waals surface area contributed by atoms with Gasteiger partial charge in [-0.2, -0.15) is 5.10 Å². The SMILES string of the molecule is CCOc1cc(C=NN=C(N)SCc2ccccc2)ccc1OCCn1ccnc1. The first-order valence-electron chi connectivity index (χ1n) is 9.63. The number of benzene rings is 2. The number of imidazole rings is 1. The topological polar surface area (TPSA) is 87.0 Å². The van der Waals surface area contributed by atoms with Crippen LogP contribution < -0.4 is 15.2 Å². The molecule has 0 aliphatic carbocycles. The third kappa shape index (κ3) is 6.97. The smallest absolute Gasteiger partial charge is 0.180 e. The second-order valence-corrected chi connectivity index (χ2v) is 7.24. The van der Waals surface area contributed by atoms with Gasteiger partial charge in [-0.3, -0.25) is 0 Å². The lowest BCUT2D eigenvalue weighted by molar-refractivity contribution is 0.266. The van der Waals surface area contributed by atoms with Crippen LogP contribution >= 0.6 is 11.8 Å². The van der Waals surface area contributed by atoms with Crippen molar-refractivity contribution >= 4 is 23.1 Å². The Morgan fingerprint density at radius 3 is 2.80 bits per heavy atom. The zero-order valence-electron chi connectivity index (χ0n) is 16.8. The van der Waals surface area contributed by atoms with Gasteiger partial charge in [0.05, 0.1) is 25.7 Å². The molecule has 0 aliphatic heterocycles. The van der Waals surface area contributed by atoms with Crippen molar-refractivity contribution in [1.82, 2.24) is 9.55 Å². The van der Waals surface area contributed by atoms with E-state index >= 15 is 0 Å². The second kappa shape index (κ2) is 11.7. The summed E-state index contributed by atoms with van der Waals surface area (Å²) in [6, 6.07) is 15.8. The molecule has 3 rings (SSSR count). The van der Waals surface area contributed by atoms with E-state index in [4.69, 9.17) is 15.2 Å². The lowest BCUT2D eigenvalue weighted by atomic mass is 10.2. The van der Waals surface area contributed by atoms with E-state index in [2.05, 4.69) is 27.3 Å². The van der Waals surface area contributed by atoms with Crippen LogP contribution in [0.15, 0.2) is 77.5 Å². The first-order valence-corrected chi connectivity index (χ1v) is 10.6. The highest BCUT2D eigenvalue weighted by molar-refractivity contribution is 8.13. The van der Waals surface area contributed by atoms with Crippen molar-refractivity contribution in [2.24, 2.45) is 15.9 Å². The van der Waals surface area contributed by atoms with Crippen molar-refractivity contribution in [3.63, 3.8) is 0 Å². The van der Waals surface area contributed by atoms with Gasteiger partial charge < -0.3 is 19.8 Å². The van der Waals surface area contributed by atoms with Gasteiger partial charge in [0, 0.05) is 18.1 Å². The summed E-state index contributed by atoms with van der Waals surface area (Å²) in [6.07, 6.45) is 7.05. The highest BCUT2D eigenvalue weighted by atomic mass is 32.2. The number of amidine groups is 1. The minimum atomic E-state index is 0.416. The number of nitrogens with zero attached hydrogens (tertiary/aromatic N) is 4. The number of hydrogen-bond donors (Lipinski definition) is 1. The van der Waals surface area contributed by atoms with Crippen molar-refractivity contribution in [3.8, 4) is 11.5 Å². The van der Waals surface area contributed by atoms with E-state index < -0.39 is 0 Å². The third-order valence-electron chi connectivity index (χ3n) is 4.03. The number of aromatic nitrogens is 2. The van der Waals surface area contributed by atoms with Crippen molar-refractivity contribution in [1.29, 1.82) is 0 Å². The quantitative estimate of drug-likeness (QED) is 0.303. The van der Waals surface area contributed by atoms with Crippen LogP contribution in [0.3, 0.4) is 0 Å². The monoisotopic (exact) mass is 423 g/mol. The van der Waals surface area contributed by atoms with E-state index in [0.717, 1.165) is 11.3 Å². The largest absolute Gasteiger partial charge is 0.490 e. The molecule has 0 amide bonds. The van der Waals surface area contributed by atoms with E-state index in [1.807, 2.05) is 54.1 Å². The van der Waals surface area contributed by atoms with Crippen LogP contribution in [0.1, 0.15) is 18.1 Å². The second-order valence-electron chi connectivity index (χ2n) is 6.25. The molecule has 0 saturated carbocycles. The Bertz CT molecular complexity index is 959. The summed E-state index contributed by atoms with van der Waals surface area (Å²) in [5, 5.41) is 8.56. The normalized spacial score (nSPS) is 11.7. The zero-order valence-corrected chi connectivity index (χ0v) is 17.7. The number of nitrogens with two attached hydrogens (primary N) is 1. The average Bonchev–Trinajstić information content (AvgIpc) is 3.28. The van der Waals surface area contributed by atoms with Crippen molar-refractivity contribution in [3.05, 3.63) is 78.4 Å². The van der Waals surface area contributed by atoms with Crippen molar-refractivity contribution in [2.75, 3.05) is 13.2 Å². The van der Waals surface area contributed by atoms with E-state index in [9.17, 15) is 0 Å². The van der Waals surface area contributed by atoms with Crippen LogP contribution in [-0.4, -0.2) is 34.1 Å². The van der Waals surface area contributed by atoms with Gasteiger partial charge in [0.25, 0.3) is 0 Å². The molecule has 0 spiro atoms. The summed E-state index contributed by atoms with van der Waals surface area (Å²) in [5.41, 5.74) is 7.97.